The molecule has 4 nitrogen and oxygen atoms in total. The SMILES string of the molecule is CC(C)C(=O)Nc1cccnc1-c1cccc2[nH]ccc12. The third-order valence-electron chi connectivity index (χ3n) is 3.44. The molecule has 2 heterocycles. The average Bonchev–Trinajstić information content (AvgIpc) is 2.96. The van der Waals surface area contributed by atoms with E-state index in [1.54, 1.807) is 6.20 Å². The first-order valence-corrected chi connectivity index (χ1v) is 6.99. The van der Waals surface area contributed by atoms with Crippen LogP contribution in [0.25, 0.3) is 22.2 Å². The molecule has 0 fully saturated rings. The number of anilines is 1. The van der Waals surface area contributed by atoms with Gasteiger partial charge in [-0.25, -0.2) is 0 Å². The van der Waals surface area contributed by atoms with Crippen molar-refractivity contribution in [2.24, 2.45) is 5.92 Å². The van der Waals surface area contributed by atoms with Crippen molar-refractivity contribution in [1.82, 2.24) is 9.97 Å². The van der Waals surface area contributed by atoms with Crippen molar-refractivity contribution in [3.8, 4) is 11.3 Å². The van der Waals surface area contributed by atoms with Crippen molar-refractivity contribution in [2.45, 2.75) is 13.8 Å². The smallest absolute Gasteiger partial charge is 0.226 e. The van der Waals surface area contributed by atoms with Crippen LogP contribution < -0.4 is 5.32 Å². The fraction of sp³-hybridized carbons (Fsp3) is 0.176. The molecule has 21 heavy (non-hydrogen) atoms. The highest BCUT2D eigenvalue weighted by Gasteiger charge is 2.14. The predicted molar refractivity (Wildman–Crippen MR) is 85.0 cm³/mol. The Labute approximate surface area is 123 Å². The summed E-state index contributed by atoms with van der Waals surface area (Å²) in [4.78, 5) is 19.6. The predicted octanol–water partition coefficient (Wildman–Crippen LogP) is 3.82. The van der Waals surface area contributed by atoms with E-state index in [0.717, 1.165) is 27.8 Å². The van der Waals surface area contributed by atoms with Crippen LogP contribution in [0.5, 0.6) is 0 Å². The molecular weight excluding hydrogens is 262 g/mol. The van der Waals surface area contributed by atoms with Crippen LogP contribution in [0.4, 0.5) is 5.69 Å². The second-order valence-corrected chi connectivity index (χ2v) is 5.29. The summed E-state index contributed by atoms with van der Waals surface area (Å²) in [6.07, 6.45) is 3.65. The summed E-state index contributed by atoms with van der Waals surface area (Å²) in [6.45, 7) is 3.75. The molecule has 0 unspecified atom stereocenters. The highest BCUT2D eigenvalue weighted by Crippen LogP contribution is 2.31. The number of aromatic amines is 1. The minimum atomic E-state index is -0.0684. The van der Waals surface area contributed by atoms with Gasteiger partial charge in [-0.15, -0.1) is 0 Å². The number of H-pyrrole nitrogens is 1. The van der Waals surface area contributed by atoms with Crippen molar-refractivity contribution in [1.29, 1.82) is 0 Å². The van der Waals surface area contributed by atoms with E-state index < -0.39 is 0 Å². The lowest BCUT2D eigenvalue weighted by Crippen LogP contribution is -2.18. The number of carbonyl (C=O) groups is 1. The first-order chi connectivity index (χ1) is 10.2. The Bertz CT molecular complexity index is 789. The topological polar surface area (TPSA) is 57.8 Å². The Morgan fingerprint density at radius 2 is 2.05 bits per heavy atom. The zero-order valence-corrected chi connectivity index (χ0v) is 12.1. The van der Waals surface area contributed by atoms with Gasteiger partial charge in [-0.3, -0.25) is 9.78 Å². The molecule has 0 bridgehead atoms. The van der Waals surface area contributed by atoms with Crippen LogP contribution in [0, 0.1) is 5.92 Å². The van der Waals surface area contributed by atoms with Crippen LogP contribution in [0.1, 0.15) is 13.8 Å². The number of aromatic nitrogens is 2. The number of carbonyl (C=O) groups excluding carboxylic acids is 1. The Kier molecular flexibility index (Phi) is 3.44. The largest absolute Gasteiger partial charge is 0.361 e. The van der Waals surface area contributed by atoms with Gasteiger partial charge >= 0.3 is 0 Å². The molecule has 0 aliphatic carbocycles. The number of pyridine rings is 1. The standard InChI is InChI=1S/C17H17N3O/c1-11(2)17(21)20-15-7-4-9-19-16(15)13-5-3-6-14-12(13)8-10-18-14/h3-11,18H,1-2H3,(H,20,21). The minimum absolute atomic E-state index is 0.00880. The van der Waals surface area contributed by atoms with Crippen LogP contribution in [0.15, 0.2) is 48.8 Å². The molecule has 0 spiro atoms. The van der Waals surface area contributed by atoms with E-state index >= 15 is 0 Å². The van der Waals surface area contributed by atoms with Gasteiger partial charge < -0.3 is 10.3 Å². The fourth-order valence-electron chi connectivity index (χ4n) is 2.29. The van der Waals surface area contributed by atoms with Gasteiger partial charge in [-0.1, -0.05) is 26.0 Å². The quantitative estimate of drug-likeness (QED) is 0.765. The second kappa shape index (κ2) is 5.40. The molecule has 2 N–H and O–H groups in total. The number of fused-ring (bicyclic) bond motifs is 1. The Morgan fingerprint density at radius 1 is 1.19 bits per heavy atom. The molecule has 0 aliphatic heterocycles. The highest BCUT2D eigenvalue weighted by atomic mass is 16.1. The molecule has 0 saturated heterocycles. The summed E-state index contributed by atoms with van der Waals surface area (Å²) in [5, 5.41) is 4.05. The summed E-state index contributed by atoms with van der Waals surface area (Å²) in [5.41, 5.74) is 3.59. The molecule has 0 aliphatic rings. The maximum absolute atomic E-state index is 12.0. The third kappa shape index (κ3) is 2.52. The first kappa shape index (κ1) is 13.4. The van der Waals surface area contributed by atoms with E-state index in [9.17, 15) is 4.79 Å². The number of benzene rings is 1. The van der Waals surface area contributed by atoms with Gasteiger partial charge in [-0.05, 0) is 24.3 Å². The maximum Gasteiger partial charge on any atom is 0.226 e. The summed E-state index contributed by atoms with van der Waals surface area (Å²) in [5.74, 6) is -0.0772. The van der Waals surface area contributed by atoms with Crippen LogP contribution in [0.2, 0.25) is 0 Å². The molecule has 3 aromatic rings. The summed E-state index contributed by atoms with van der Waals surface area (Å²) < 4.78 is 0. The van der Waals surface area contributed by atoms with E-state index in [1.165, 1.54) is 0 Å². The molecule has 4 heteroatoms. The number of nitrogens with one attached hydrogen (secondary N) is 2. The average molecular weight is 279 g/mol. The van der Waals surface area contributed by atoms with Crippen molar-refractivity contribution in [3.05, 3.63) is 48.8 Å². The molecule has 1 aromatic carbocycles. The fourth-order valence-corrected chi connectivity index (χ4v) is 2.29. The summed E-state index contributed by atoms with van der Waals surface area (Å²) in [7, 11) is 0. The molecule has 0 radical (unpaired) electrons. The Balaban J connectivity index is 2.10. The van der Waals surface area contributed by atoms with Gasteiger partial charge in [0.2, 0.25) is 5.91 Å². The van der Waals surface area contributed by atoms with Crippen molar-refractivity contribution >= 4 is 22.5 Å². The normalized spacial score (nSPS) is 11.0. The molecule has 106 valence electrons. The lowest BCUT2D eigenvalue weighted by Gasteiger charge is -2.12. The minimum Gasteiger partial charge on any atom is -0.361 e. The molecule has 2 aromatic heterocycles. The van der Waals surface area contributed by atoms with Gasteiger partial charge in [0.1, 0.15) is 0 Å². The zero-order chi connectivity index (χ0) is 14.8. The summed E-state index contributed by atoms with van der Waals surface area (Å²) in [6, 6.07) is 11.8. The number of nitrogens with zero attached hydrogens (tertiary/aromatic N) is 1. The monoisotopic (exact) mass is 279 g/mol. The van der Waals surface area contributed by atoms with Crippen LogP contribution in [-0.4, -0.2) is 15.9 Å². The van der Waals surface area contributed by atoms with Gasteiger partial charge in [0, 0.05) is 34.8 Å². The number of amides is 1. The lowest BCUT2D eigenvalue weighted by molar-refractivity contribution is -0.118. The number of hydrogen-bond donors (Lipinski definition) is 2. The van der Waals surface area contributed by atoms with Gasteiger partial charge in [0.05, 0.1) is 11.4 Å². The van der Waals surface area contributed by atoms with Gasteiger partial charge in [-0.2, -0.15) is 0 Å². The van der Waals surface area contributed by atoms with Crippen LogP contribution in [0.3, 0.4) is 0 Å². The second-order valence-electron chi connectivity index (χ2n) is 5.29. The molecule has 1 amide bonds. The van der Waals surface area contributed by atoms with Crippen LogP contribution in [-0.2, 0) is 4.79 Å². The molecular formula is C17H17N3O. The van der Waals surface area contributed by atoms with Crippen molar-refractivity contribution < 1.29 is 4.79 Å². The molecule has 3 rings (SSSR count). The first-order valence-electron chi connectivity index (χ1n) is 6.99. The number of rotatable bonds is 3. The van der Waals surface area contributed by atoms with Gasteiger partial charge in [0.15, 0.2) is 0 Å². The van der Waals surface area contributed by atoms with E-state index in [4.69, 9.17) is 0 Å². The van der Waals surface area contributed by atoms with Crippen molar-refractivity contribution in [2.75, 3.05) is 5.32 Å². The maximum atomic E-state index is 12.0. The van der Waals surface area contributed by atoms with E-state index in [-0.39, 0.29) is 11.8 Å². The van der Waals surface area contributed by atoms with Crippen LogP contribution >= 0.6 is 0 Å². The highest BCUT2D eigenvalue weighted by molar-refractivity contribution is 6.01. The molecule has 0 atom stereocenters. The van der Waals surface area contributed by atoms with E-state index in [1.807, 2.05) is 56.4 Å². The third-order valence-corrected chi connectivity index (χ3v) is 3.44. The van der Waals surface area contributed by atoms with E-state index in [2.05, 4.69) is 15.3 Å². The Morgan fingerprint density at radius 3 is 2.86 bits per heavy atom. The van der Waals surface area contributed by atoms with Gasteiger partial charge in [0.25, 0.3) is 0 Å². The Hall–Kier alpha value is -2.62. The number of hydrogen-bond acceptors (Lipinski definition) is 2. The lowest BCUT2D eigenvalue weighted by atomic mass is 10.0. The van der Waals surface area contributed by atoms with E-state index in [0.29, 0.717) is 0 Å². The summed E-state index contributed by atoms with van der Waals surface area (Å²) >= 11 is 0. The zero-order valence-electron chi connectivity index (χ0n) is 12.1. The molecule has 0 saturated carbocycles. The van der Waals surface area contributed by atoms with Crippen molar-refractivity contribution in [3.63, 3.8) is 0 Å².